The Hall–Kier alpha value is -1.69. The Morgan fingerprint density at radius 2 is 2.18 bits per heavy atom. The van der Waals surface area contributed by atoms with Crippen molar-refractivity contribution in [3.05, 3.63) is 23.2 Å². The van der Waals surface area contributed by atoms with Gasteiger partial charge in [0.15, 0.2) is 0 Å². The quantitative estimate of drug-likeness (QED) is 0.899. The van der Waals surface area contributed by atoms with Gasteiger partial charge in [-0.2, -0.15) is 20.1 Å². The van der Waals surface area contributed by atoms with Crippen molar-refractivity contribution in [2.45, 2.75) is 20.3 Å². The van der Waals surface area contributed by atoms with Gasteiger partial charge in [0, 0.05) is 12.7 Å². The van der Waals surface area contributed by atoms with Crippen molar-refractivity contribution in [2.75, 3.05) is 11.9 Å². The number of rotatable bonds is 4. The molecule has 2 rings (SSSR count). The lowest BCUT2D eigenvalue weighted by atomic mass is 10.4. The van der Waals surface area contributed by atoms with Crippen molar-refractivity contribution < 1.29 is 0 Å². The van der Waals surface area contributed by atoms with Crippen LogP contribution in [0, 0.1) is 6.92 Å². The zero-order valence-electron chi connectivity index (χ0n) is 9.68. The molecule has 0 saturated heterocycles. The maximum absolute atomic E-state index is 5.84. The van der Waals surface area contributed by atoms with Gasteiger partial charge in [0.2, 0.25) is 11.2 Å². The second-order valence-electron chi connectivity index (χ2n) is 3.62. The molecule has 0 aliphatic rings. The van der Waals surface area contributed by atoms with E-state index >= 15 is 0 Å². The number of nitrogens with one attached hydrogen (secondary N) is 1. The smallest absolute Gasteiger partial charge is 0.256 e. The third-order valence-corrected chi connectivity index (χ3v) is 2.22. The Bertz CT molecular complexity index is 509. The van der Waals surface area contributed by atoms with Gasteiger partial charge in [-0.1, -0.05) is 6.92 Å². The van der Waals surface area contributed by atoms with Gasteiger partial charge in [-0.3, -0.25) is 0 Å². The lowest BCUT2D eigenvalue weighted by Gasteiger charge is -2.05. The normalized spacial score (nSPS) is 10.5. The Kier molecular flexibility index (Phi) is 3.53. The molecule has 0 aliphatic carbocycles. The average molecular weight is 253 g/mol. The average Bonchev–Trinajstić information content (AvgIpc) is 2.72. The number of hydrogen-bond acceptors (Lipinski definition) is 5. The zero-order valence-corrected chi connectivity index (χ0v) is 10.4. The highest BCUT2D eigenvalue weighted by Gasteiger charge is 2.07. The molecule has 7 heteroatoms. The Morgan fingerprint density at radius 1 is 1.35 bits per heavy atom. The molecule has 0 saturated carbocycles. The molecule has 0 aliphatic heterocycles. The molecule has 2 aromatic heterocycles. The minimum atomic E-state index is 0.154. The van der Waals surface area contributed by atoms with Gasteiger partial charge >= 0.3 is 0 Å². The van der Waals surface area contributed by atoms with E-state index in [1.54, 1.807) is 10.9 Å². The van der Waals surface area contributed by atoms with Crippen LogP contribution in [-0.4, -0.2) is 31.3 Å². The first-order valence-corrected chi connectivity index (χ1v) is 5.74. The fourth-order valence-corrected chi connectivity index (χ4v) is 1.44. The van der Waals surface area contributed by atoms with Gasteiger partial charge in [0.25, 0.3) is 5.95 Å². The molecule has 2 heterocycles. The van der Waals surface area contributed by atoms with Crippen LogP contribution in [0.2, 0.25) is 5.28 Å². The van der Waals surface area contributed by atoms with Crippen LogP contribution < -0.4 is 5.32 Å². The van der Waals surface area contributed by atoms with Crippen LogP contribution in [0.4, 0.5) is 5.95 Å². The first-order chi connectivity index (χ1) is 8.19. The maximum Gasteiger partial charge on any atom is 0.256 e. The molecule has 0 bridgehead atoms. The van der Waals surface area contributed by atoms with Crippen molar-refractivity contribution in [1.29, 1.82) is 0 Å². The summed E-state index contributed by atoms with van der Waals surface area (Å²) in [5.74, 6) is 0.881. The number of aromatic nitrogens is 5. The lowest BCUT2D eigenvalue weighted by molar-refractivity contribution is 0.793. The van der Waals surface area contributed by atoms with E-state index in [9.17, 15) is 0 Å². The molecule has 0 spiro atoms. The number of anilines is 1. The predicted molar refractivity (Wildman–Crippen MR) is 65.5 cm³/mol. The van der Waals surface area contributed by atoms with Crippen molar-refractivity contribution in [3.63, 3.8) is 0 Å². The van der Waals surface area contributed by atoms with Crippen LogP contribution >= 0.6 is 11.6 Å². The van der Waals surface area contributed by atoms with E-state index in [1.807, 2.05) is 13.1 Å². The lowest BCUT2D eigenvalue weighted by Crippen LogP contribution is -2.09. The first kappa shape index (κ1) is 11.8. The topological polar surface area (TPSA) is 68.5 Å². The highest BCUT2D eigenvalue weighted by Crippen LogP contribution is 2.09. The molecule has 0 aromatic carbocycles. The van der Waals surface area contributed by atoms with E-state index in [0.717, 1.165) is 18.5 Å². The van der Waals surface area contributed by atoms with Gasteiger partial charge in [0.05, 0.1) is 6.20 Å². The van der Waals surface area contributed by atoms with E-state index in [4.69, 9.17) is 11.6 Å². The molecule has 0 fully saturated rings. The van der Waals surface area contributed by atoms with Crippen LogP contribution in [0.15, 0.2) is 12.4 Å². The molecule has 90 valence electrons. The number of hydrogen-bond donors (Lipinski definition) is 1. The van der Waals surface area contributed by atoms with E-state index in [1.165, 1.54) is 0 Å². The minimum Gasteiger partial charge on any atom is -0.354 e. The number of halogens is 1. The molecular formula is C10H13ClN6. The monoisotopic (exact) mass is 252 g/mol. The van der Waals surface area contributed by atoms with Crippen molar-refractivity contribution in [2.24, 2.45) is 0 Å². The van der Waals surface area contributed by atoms with Crippen LogP contribution in [-0.2, 0) is 0 Å². The zero-order chi connectivity index (χ0) is 12.3. The molecular weight excluding hydrogens is 240 g/mol. The third-order valence-electron chi connectivity index (χ3n) is 2.05. The van der Waals surface area contributed by atoms with Crippen LogP contribution in [0.1, 0.15) is 18.9 Å². The molecule has 2 aromatic rings. The molecule has 0 radical (unpaired) electrons. The summed E-state index contributed by atoms with van der Waals surface area (Å²) in [6.45, 7) is 4.80. The summed E-state index contributed by atoms with van der Waals surface area (Å²) in [4.78, 5) is 12.3. The number of nitrogens with zero attached hydrogens (tertiary/aromatic N) is 5. The number of aryl methyl sites for hydroxylation is 1. The summed E-state index contributed by atoms with van der Waals surface area (Å²) in [5, 5.41) is 7.34. The summed E-state index contributed by atoms with van der Waals surface area (Å²) in [6, 6.07) is 0. The molecule has 6 nitrogen and oxygen atoms in total. The van der Waals surface area contributed by atoms with E-state index in [-0.39, 0.29) is 5.28 Å². The van der Waals surface area contributed by atoms with Crippen LogP contribution in [0.3, 0.4) is 0 Å². The largest absolute Gasteiger partial charge is 0.354 e. The Balaban J connectivity index is 2.31. The van der Waals surface area contributed by atoms with Crippen molar-refractivity contribution in [3.8, 4) is 5.95 Å². The molecule has 0 amide bonds. The second-order valence-corrected chi connectivity index (χ2v) is 3.96. The fraction of sp³-hybridized carbons (Fsp3) is 0.400. The summed E-state index contributed by atoms with van der Waals surface area (Å²) in [5.41, 5.74) is 1.03. The summed E-state index contributed by atoms with van der Waals surface area (Å²) in [7, 11) is 0. The molecule has 17 heavy (non-hydrogen) atoms. The van der Waals surface area contributed by atoms with Gasteiger partial charge in [-0.25, -0.2) is 4.68 Å². The van der Waals surface area contributed by atoms with Gasteiger partial charge in [-0.15, -0.1) is 0 Å². The first-order valence-electron chi connectivity index (χ1n) is 5.36. The summed E-state index contributed by atoms with van der Waals surface area (Å²) >= 11 is 5.84. The molecule has 0 atom stereocenters. The van der Waals surface area contributed by atoms with E-state index < -0.39 is 0 Å². The van der Waals surface area contributed by atoms with Crippen molar-refractivity contribution >= 4 is 17.5 Å². The standard InChI is InChI=1S/C10H13ClN6/c1-3-4-12-9-14-8(11)15-10(16-9)17-6-7(2)5-13-17/h5-6H,3-4H2,1-2H3,(H,12,14,15,16). The van der Waals surface area contributed by atoms with E-state index in [2.05, 4.69) is 32.3 Å². The minimum absolute atomic E-state index is 0.154. The highest BCUT2D eigenvalue weighted by molar-refractivity contribution is 6.28. The van der Waals surface area contributed by atoms with Gasteiger partial charge < -0.3 is 5.32 Å². The Labute approximate surface area is 104 Å². The van der Waals surface area contributed by atoms with Gasteiger partial charge in [-0.05, 0) is 30.5 Å². The second kappa shape index (κ2) is 5.09. The molecule has 0 unspecified atom stereocenters. The molecule has 1 N–H and O–H groups in total. The summed E-state index contributed by atoms with van der Waals surface area (Å²) < 4.78 is 1.57. The Morgan fingerprint density at radius 3 is 2.82 bits per heavy atom. The third kappa shape index (κ3) is 2.91. The highest BCUT2D eigenvalue weighted by atomic mass is 35.5. The predicted octanol–water partition coefficient (Wildman–Crippen LogP) is 1.84. The maximum atomic E-state index is 5.84. The van der Waals surface area contributed by atoms with Crippen LogP contribution in [0.5, 0.6) is 0 Å². The van der Waals surface area contributed by atoms with Crippen molar-refractivity contribution in [1.82, 2.24) is 24.7 Å². The SMILES string of the molecule is CCCNc1nc(Cl)nc(-n2cc(C)cn2)n1. The van der Waals surface area contributed by atoms with E-state index in [0.29, 0.717) is 11.9 Å². The fourth-order valence-electron chi connectivity index (χ4n) is 1.28. The van der Waals surface area contributed by atoms with Gasteiger partial charge in [0.1, 0.15) is 0 Å². The van der Waals surface area contributed by atoms with Crippen LogP contribution in [0.25, 0.3) is 5.95 Å². The summed E-state index contributed by atoms with van der Waals surface area (Å²) in [6.07, 6.45) is 4.55.